The lowest BCUT2D eigenvalue weighted by Gasteiger charge is -2.12. The van der Waals surface area contributed by atoms with Crippen molar-refractivity contribution < 1.29 is 19.1 Å². The van der Waals surface area contributed by atoms with Gasteiger partial charge in [0, 0.05) is 0 Å². The fraction of sp³-hybridized carbons (Fsp3) is 0.357. The predicted molar refractivity (Wildman–Crippen MR) is 73.9 cm³/mol. The van der Waals surface area contributed by atoms with Gasteiger partial charge in [0.25, 0.3) is 0 Å². The number of carboxylic acid groups (broad SMARTS) is 1. The molecule has 4 nitrogen and oxygen atoms in total. The molecule has 1 unspecified atom stereocenters. The van der Waals surface area contributed by atoms with Gasteiger partial charge in [0.05, 0.1) is 12.5 Å². The highest BCUT2D eigenvalue weighted by Gasteiger charge is 2.16. The maximum Gasteiger partial charge on any atom is 0.310 e. The van der Waals surface area contributed by atoms with Crippen molar-refractivity contribution in [3.63, 3.8) is 0 Å². The Morgan fingerprint density at radius 3 is 2.74 bits per heavy atom. The summed E-state index contributed by atoms with van der Waals surface area (Å²) in [6.45, 7) is 5.66. The zero-order valence-corrected chi connectivity index (χ0v) is 11.9. The van der Waals surface area contributed by atoms with Gasteiger partial charge in [-0.25, -0.2) is 0 Å². The molecule has 0 fully saturated rings. The van der Waals surface area contributed by atoms with Gasteiger partial charge in [-0.3, -0.25) is 4.79 Å². The van der Waals surface area contributed by atoms with E-state index >= 15 is 0 Å². The molecule has 1 aromatic heterocycles. The highest BCUT2D eigenvalue weighted by Crippen LogP contribution is 2.20. The van der Waals surface area contributed by atoms with Gasteiger partial charge in [0.15, 0.2) is 5.22 Å². The Morgan fingerprint density at radius 1 is 1.58 bits per heavy atom. The van der Waals surface area contributed by atoms with E-state index in [4.69, 9.17) is 25.9 Å². The number of carbonyl (C=O) groups is 1. The maximum atomic E-state index is 11.0. The Labute approximate surface area is 117 Å². The van der Waals surface area contributed by atoms with Crippen molar-refractivity contribution in [1.82, 2.24) is 0 Å². The Morgan fingerprint density at radius 2 is 2.26 bits per heavy atom. The number of allylic oxidation sites excluding steroid dienone is 1. The Bertz CT molecular complexity index is 499. The molecule has 0 aliphatic heterocycles. The second kappa shape index (κ2) is 7.04. The van der Waals surface area contributed by atoms with Crippen LogP contribution in [0.3, 0.4) is 0 Å². The van der Waals surface area contributed by atoms with Crippen molar-refractivity contribution in [2.24, 2.45) is 5.92 Å². The average Bonchev–Trinajstić information content (AvgIpc) is 2.78. The normalized spacial score (nSPS) is 14.3. The van der Waals surface area contributed by atoms with E-state index in [1.165, 1.54) is 0 Å². The molecular weight excluding hydrogens is 268 g/mol. The largest absolute Gasteiger partial charge is 0.494 e. The molecule has 1 rings (SSSR count). The monoisotopic (exact) mass is 284 g/mol. The van der Waals surface area contributed by atoms with E-state index in [0.717, 1.165) is 0 Å². The summed E-state index contributed by atoms with van der Waals surface area (Å²) in [5.74, 6) is -0.376. The van der Waals surface area contributed by atoms with Crippen LogP contribution in [0.15, 0.2) is 34.0 Å². The molecule has 0 aromatic carbocycles. The van der Waals surface area contributed by atoms with Gasteiger partial charge >= 0.3 is 5.97 Å². The summed E-state index contributed by atoms with van der Waals surface area (Å²) in [6.07, 6.45) is 3.38. The van der Waals surface area contributed by atoms with Gasteiger partial charge in [-0.1, -0.05) is 0 Å². The fourth-order valence-electron chi connectivity index (χ4n) is 1.42. The second-order valence-corrected chi connectivity index (χ2v) is 4.39. The lowest BCUT2D eigenvalue weighted by Crippen LogP contribution is -2.12. The number of furan rings is 1. The highest BCUT2D eigenvalue weighted by atomic mass is 35.5. The van der Waals surface area contributed by atoms with E-state index in [-0.39, 0.29) is 0 Å². The summed E-state index contributed by atoms with van der Waals surface area (Å²) in [4.78, 5) is 11.0. The number of ether oxygens (including phenoxy) is 1. The van der Waals surface area contributed by atoms with E-state index in [2.05, 4.69) is 0 Å². The zero-order chi connectivity index (χ0) is 14.4. The first kappa shape index (κ1) is 15.4. The summed E-state index contributed by atoms with van der Waals surface area (Å²) in [5.41, 5.74) is 0.656. The Hall–Kier alpha value is -1.68. The smallest absolute Gasteiger partial charge is 0.310 e. The summed E-state index contributed by atoms with van der Waals surface area (Å²) in [7, 11) is 0. The quantitative estimate of drug-likeness (QED) is 0.634. The third kappa shape index (κ3) is 4.48. The van der Waals surface area contributed by atoms with Gasteiger partial charge in [-0.15, -0.1) is 0 Å². The fourth-order valence-corrected chi connectivity index (χ4v) is 1.58. The second-order valence-electron chi connectivity index (χ2n) is 4.02. The molecule has 0 bridgehead atoms. The molecule has 1 atom stereocenters. The first-order valence-corrected chi connectivity index (χ1v) is 6.33. The number of aliphatic carboxylic acids is 1. The molecular formula is C14H17ClO4. The van der Waals surface area contributed by atoms with Crippen LogP contribution >= 0.6 is 11.6 Å². The van der Waals surface area contributed by atoms with Crippen LogP contribution in [0.2, 0.25) is 5.22 Å². The minimum atomic E-state index is -0.885. The molecule has 1 N–H and O–H groups in total. The van der Waals surface area contributed by atoms with E-state index in [1.807, 2.05) is 6.92 Å². The van der Waals surface area contributed by atoms with Crippen molar-refractivity contribution in [2.75, 3.05) is 6.61 Å². The number of carboxylic acids is 1. The minimum absolute atomic E-state index is 0.303. The van der Waals surface area contributed by atoms with E-state index in [0.29, 0.717) is 28.9 Å². The van der Waals surface area contributed by atoms with Crippen molar-refractivity contribution in [3.05, 3.63) is 40.5 Å². The molecule has 0 aliphatic carbocycles. The molecule has 0 radical (unpaired) electrons. The van der Waals surface area contributed by atoms with Crippen molar-refractivity contribution in [3.8, 4) is 0 Å². The summed E-state index contributed by atoms with van der Waals surface area (Å²) < 4.78 is 10.6. The van der Waals surface area contributed by atoms with Crippen LogP contribution in [0.5, 0.6) is 0 Å². The maximum absolute atomic E-state index is 11.0. The molecule has 5 heteroatoms. The van der Waals surface area contributed by atoms with Crippen molar-refractivity contribution >= 4 is 23.6 Å². The van der Waals surface area contributed by atoms with Gasteiger partial charge in [0.1, 0.15) is 11.5 Å². The lowest BCUT2D eigenvalue weighted by atomic mass is 10.0. The third-order valence-corrected chi connectivity index (χ3v) is 2.90. The molecule has 19 heavy (non-hydrogen) atoms. The van der Waals surface area contributed by atoms with Gasteiger partial charge in [-0.2, -0.15) is 0 Å². The lowest BCUT2D eigenvalue weighted by molar-refractivity contribution is -0.139. The van der Waals surface area contributed by atoms with Gasteiger partial charge < -0.3 is 14.3 Å². The average molecular weight is 285 g/mol. The molecule has 0 amide bonds. The SMILES string of the molecule is CCOC(/C=C/c1ccc(Cl)o1)=C(/C)C(C)C(=O)O. The predicted octanol–water partition coefficient (Wildman–Crippen LogP) is 3.98. The van der Waals surface area contributed by atoms with Crippen LogP contribution < -0.4 is 0 Å². The Balaban J connectivity index is 2.97. The number of hydrogen-bond acceptors (Lipinski definition) is 3. The van der Waals surface area contributed by atoms with Gasteiger partial charge in [-0.05, 0) is 62.2 Å². The summed E-state index contributed by atoms with van der Waals surface area (Å²) in [6, 6.07) is 3.36. The van der Waals surface area contributed by atoms with Crippen molar-refractivity contribution in [1.29, 1.82) is 0 Å². The molecule has 0 spiro atoms. The van der Waals surface area contributed by atoms with Crippen LogP contribution in [0, 0.1) is 5.92 Å². The van der Waals surface area contributed by atoms with E-state index in [9.17, 15) is 4.79 Å². The van der Waals surface area contributed by atoms with Crippen LogP contribution in [-0.4, -0.2) is 17.7 Å². The first-order chi connectivity index (χ1) is 8.95. The minimum Gasteiger partial charge on any atom is -0.494 e. The molecule has 104 valence electrons. The molecule has 1 aromatic rings. The molecule has 0 saturated carbocycles. The van der Waals surface area contributed by atoms with Crippen LogP contribution in [-0.2, 0) is 9.53 Å². The molecule has 1 heterocycles. The Kier molecular flexibility index (Phi) is 5.70. The standard InChI is InChI=1S/C14H17ClO4/c1-4-18-12(9(2)10(3)14(16)17)7-5-11-6-8-13(15)19-11/h5-8,10H,4H2,1-3H3,(H,16,17)/b7-5+,12-9-. The van der Waals surface area contributed by atoms with Crippen LogP contribution in [0.4, 0.5) is 0 Å². The summed E-state index contributed by atoms with van der Waals surface area (Å²) >= 11 is 5.67. The zero-order valence-electron chi connectivity index (χ0n) is 11.1. The van der Waals surface area contributed by atoms with Crippen LogP contribution in [0.1, 0.15) is 26.5 Å². The third-order valence-electron chi connectivity index (χ3n) is 2.70. The number of hydrogen-bond donors (Lipinski definition) is 1. The first-order valence-electron chi connectivity index (χ1n) is 5.95. The van der Waals surface area contributed by atoms with E-state index in [1.54, 1.807) is 38.1 Å². The van der Waals surface area contributed by atoms with Crippen LogP contribution in [0.25, 0.3) is 6.08 Å². The highest BCUT2D eigenvalue weighted by molar-refractivity contribution is 6.28. The number of halogens is 1. The molecule has 0 aliphatic rings. The topological polar surface area (TPSA) is 59.7 Å². The summed E-state index contributed by atoms with van der Waals surface area (Å²) in [5, 5.41) is 9.31. The number of rotatable bonds is 6. The van der Waals surface area contributed by atoms with Gasteiger partial charge in [0.2, 0.25) is 0 Å². The van der Waals surface area contributed by atoms with E-state index < -0.39 is 11.9 Å². The molecule has 0 saturated heterocycles. The van der Waals surface area contributed by atoms with Crippen molar-refractivity contribution in [2.45, 2.75) is 20.8 Å².